The zero-order valence-corrected chi connectivity index (χ0v) is 10.4. The van der Waals surface area contributed by atoms with Crippen molar-refractivity contribution in [3.05, 3.63) is 23.8 Å². The Bertz CT molecular complexity index is 402. The highest BCUT2D eigenvalue weighted by Gasteiger charge is 2.26. The predicted molar refractivity (Wildman–Crippen MR) is 66.0 cm³/mol. The van der Waals surface area contributed by atoms with Crippen molar-refractivity contribution in [2.45, 2.75) is 20.8 Å². The minimum atomic E-state index is -0.605. The predicted octanol–water partition coefficient (Wildman–Crippen LogP) is 2.90. The first kappa shape index (κ1) is 12.8. The first-order valence-corrected chi connectivity index (χ1v) is 5.57. The van der Waals surface area contributed by atoms with Crippen molar-refractivity contribution < 1.29 is 9.90 Å². The van der Waals surface area contributed by atoms with Crippen LogP contribution in [0.4, 0.5) is 5.69 Å². The van der Waals surface area contributed by atoms with E-state index in [0.29, 0.717) is 5.69 Å². The Morgan fingerprint density at radius 2 is 2.12 bits per heavy atom. The van der Waals surface area contributed by atoms with E-state index >= 15 is 0 Å². The van der Waals surface area contributed by atoms with Gasteiger partial charge in [0.25, 0.3) is 0 Å². The van der Waals surface area contributed by atoms with Gasteiger partial charge in [0.2, 0.25) is 5.91 Å². The molecule has 0 saturated heterocycles. The van der Waals surface area contributed by atoms with Crippen LogP contribution in [0.25, 0.3) is 0 Å². The van der Waals surface area contributed by atoms with Gasteiger partial charge in [-0.2, -0.15) is 0 Å². The fourth-order valence-electron chi connectivity index (χ4n) is 1.14. The van der Waals surface area contributed by atoms with E-state index in [1.807, 2.05) is 6.92 Å². The highest BCUT2D eigenvalue weighted by Crippen LogP contribution is 2.24. The summed E-state index contributed by atoms with van der Waals surface area (Å²) in [5.74, 6) is 0.319. The first-order chi connectivity index (χ1) is 7.36. The summed E-state index contributed by atoms with van der Waals surface area (Å²) in [5.41, 5.74) is 0.908. The number of phenols is 1. The first-order valence-electron chi connectivity index (χ1n) is 5.04. The van der Waals surface area contributed by atoms with E-state index in [1.165, 1.54) is 6.07 Å². The van der Waals surface area contributed by atoms with Crippen LogP contribution in [0, 0.1) is 12.3 Å². The molecule has 0 spiro atoms. The Kier molecular flexibility index (Phi) is 3.81. The number of amides is 1. The average molecular weight is 242 g/mol. The largest absolute Gasteiger partial charge is 0.508 e. The van der Waals surface area contributed by atoms with E-state index in [2.05, 4.69) is 5.32 Å². The highest BCUT2D eigenvalue weighted by atomic mass is 35.5. The van der Waals surface area contributed by atoms with Crippen molar-refractivity contribution in [3.8, 4) is 5.75 Å². The number of aryl methyl sites for hydroxylation is 1. The minimum absolute atomic E-state index is 0.128. The molecule has 0 radical (unpaired) electrons. The molecule has 16 heavy (non-hydrogen) atoms. The van der Waals surface area contributed by atoms with Gasteiger partial charge in [0, 0.05) is 11.6 Å². The van der Waals surface area contributed by atoms with Crippen LogP contribution in [-0.2, 0) is 4.79 Å². The molecule has 88 valence electrons. The van der Waals surface area contributed by atoms with Crippen LogP contribution in [-0.4, -0.2) is 16.9 Å². The fourth-order valence-corrected chi connectivity index (χ4v) is 1.26. The van der Waals surface area contributed by atoms with Gasteiger partial charge in [0.15, 0.2) is 0 Å². The number of halogens is 1. The Morgan fingerprint density at radius 3 is 2.62 bits per heavy atom. The molecule has 0 aliphatic heterocycles. The molecule has 0 aliphatic carbocycles. The second-order valence-corrected chi connectivity index (χ2v) is 4.74. The second kappa shape index (κ2) is 4.74. The van der Waals surface area contributed by atoms with Crippen molar-refractivity contribution >= 4 is 23.2 Å². The van der Waals surface area contributed by atoms with Gasteiger partial charge in [-0.25, -0.2) is 0 Å². The molecule has 1 aromatic carbocycles. The number of alkyl halides is 1. The lowest BCUT2D eigenvalue weighted by Crippen LogP contribution is -2.32. The number of aromatic hydroxyl groups is 1. The third-order valence-electron chi connectivity index (χ3n) is 2.41. The number of rotatable bonds is 3. The number of carbonyl (C=O) groups excluding carboxylic acids is 1. The maximum atomic E-state index is 11.8. The standard InChI is InChI=1S/C12H16ClNO2/c1-8-6-9(15)4-5-10(8)14-11(16)12(2,3)7-13/h4-6,15H,7H2,1-3H3,(H,14,16). The van der Waals surface area contributed by atoms with Crippen LogP contribution in [0.3, 0.4) is 0 Å². The summed E-state index contributed by atoms with van der Waals surface area (Å²) >= 11 is 5.72. The van der Waals surface area contributed by atoms with Crippen molar-refractivity contribution in [1.29, 1.82) is 0 Å². The zero-order valence-electron chi connectivity index (χ0n) is 9.67. The normalized spacial score (nSPS) is 11.2. The third kappa shape index (κ3) is 2.89. The third-order valence-corrected chi connectivity index (χ3v) is 3.08. The second-order valence-electron chi connectivity index (χ2n) is 4.47. The number of nitrogens with one attached hydrogen (secondary N) is 1. The Labute approximate surface area is 100 Å². The number of phenolic OH excluding ortho intramolecular Hbond substituents is 1. The van der Waals surface area contributed by atoms with Gasteiger partial charge < -0.3 is 10.4 Å². The number of hydrogen-bond donors (Lipinski definition) is 2. The molecule has 1 rings (SSSR count). The van der Waals surface area contributed by atoms with Crippen molar-refractivity contribution in [1.82, 2.24) is 0 Å². The van der Waals surface area contributed by atoms with Crippen LogP contribution in [0.15, 0.2) is 18.2 Å². The van der Waals surface area contributed by atoms with Crippen LogP contribution in [0.1, 0.15) is 19.4 Å². The van der Waals surface area contributed by atoms with Crippen LogP contribution in [0.2, 0.25) is 0 Å². The fraction of sp³-hybridized carbons (Fsp3) is 0.417. The van der Waals surface area contributed by atoms with E-state index in [1.54, 1.807) is 26.0 Å². The van der Waals surface area contributed by atoms with Crippen molar-refractivity contribution in [3.63, 3.8) is 0 Å². The molecule has 3 nitrogen and oxygen atoms in total. The van der Waals surface area contributed by atoms with Crippen LogP contribution in [0.5, 0.6) is 5.75 Å². The SMILES string of the molecule is Cc1cc(O)ccc1NC(=O)C(C)(C)CCl. The lowest BCUT2D eigenvalue weighted by molar-refractivity contribution is -0.122. The summed E-state index contributed by atoms with van der Waals surface area (Å²) in [4.78, 5) is 11.8. The van der Waals surface area contributed by atoms with Gasteiger partial charge in [-0.1, -0.05) is 0 Å². The molecule has 0 aliphatic rings. The van der Waals surface area contributed by atoms with E-state index in [4.69, 9.17) is 11.6 Å². The molecule has 0 atom stereocenters. The summed E-state index contributed by atoms with van der Waals surface area (Å²) in [7, 11) is 0. The number of hydrogen-bond acceptors (Lipinski definition) is 2. The van der Waals surface area contributed by atoms with Gasteiger partial charge in [-0.05, 0) is 44.5 Å². The summed E-state index contributed by atoms with van der Waals surface area (Å²) in [6.45, 7) is 5.39. The monoisotopic (exact) mass is 241 g/mol. The van der Waals surface area contributed by atoms with Crippen LogP contribution < -0.4 is 5.32 Å². The molecule has 4 heteroatoms. The lowest BCUT2D eigenvalue weighted by Gasteiger charge is -2.21. The zero-order chi connectivity index (χ0) is 12.3. The number of anilines is 1. The topological polar surface area (TPSA) is 49.3 Å². The molecular formula is C12H16ClNO2. The molecule has 0 fully saturated rings. The Morgan fingerprint density at radius 1 is 1.50 bits per heavy atom. The van der Waals surface area contributed by atoms with E-state index in [-0.39, 0.29) is 17.5 Å². The summed E-state index contributed by atoms with van der Waals surface area (Å²) < 4.78 is 0. The number of carbonyl (C=O) groups is 1. The van der Waals surface area contributed by atoms with Gasteiger partial charge in [-0.15, -0.1) is 11.6 Å². The highest BCUT2D eigenvalue weighted by molar-refractivity contribution is 6.20. The molecule has 0 bridgehead atoms. The van der Waals surface area contributed by atoms with Crippen LogP contribution >= 0.6 is 11.6 Å². The van der Waals surface area contributed by atoms with Crippen molar-refractivity contribution in [2.75, 3.05) is 11.2 Å². The smallest absolute Gasteiger partial charge is 0.231 e. The molecule has 0 unspecified atom stereocenters. The summed E-state index contributed by atoms with van der Waals surface area (Å²) in [6.07, 6.45) is 0. The molecular weight excluding hydrogens is 226 g/mol. The quantitative estimate of drug-likeness (QED) is 0.632. The number of benzene rings is 1. The average Bonchev–Trinajstić information content (AvgIpc) is 2.22. The lowest BCUT2D eigenvalue weighted by atomic mass is 9.95. The molecule has 1 aromatic rings. The van der Waals surface area contributed by atoms with Gasteiger partial charge >= 0.3 is 0 Å². The molecule has 0 saturated carbocycles. The minimum Gasteiger partial charge on any atom is -0.508 e. The Hall–Kier alpha value is -1.22. The van der Waals surface area contributed by atoms with Crippen molar-refractivity contribution in [2.24, 2.45) is 5.41 Å². The summed E-state index contributed by atoms with van der Waals surface area (Å²) in [6, 6.07) is 4.81. The Balaban J connectivity index is 2.85. The molecule has 1 amide bonds. The molecule has 2 N–H and O–H groups in total. The summed E-state index contributed by atoms with van der Waals surface area (Å²) in [5, 5.41) is 12.0. The van der Waals surface area contributed by atoms with Gasteiger partial charge in [0.05, 0.1) is 5.41 Å². The van der Waals surface area contributed by atoms with Gasteiger partial charge in [0.1, 0.15) is 5.75 Å². The molecule has 0 heterocycles. The maximum absolute atomic E-state index is 11.8. The maximum Gasteiger partial charge on any atom is 0.231 e. The van der Waals surface area contributed by atoms with Gasteiger partial charge in [-0.3, -0.25) is 4.79 Å². The molecule has 0 aromatic heterocycles. The van der Waals surface area contributed by atoms with E-state index in [0.717, 1.165) is 5.56 Å². The van der Waals surface area contributed by atoms with E-state index < -0.39 is 5.41 Å². The van der Waals surface area contributed by atoms with E-state index in [9.17, 15) is 9.90 Å².